The van der Waals surface area contributed by atoms with Crippen LogP contribution in [0.5, 0.6) is 17.2 Å². The largest absolute Gasteiger partial charge is 0.454 e. The van der Waals surface area contributed by atoms with Crippen LogP contribution < -0.4 is 19.6 Å². The molecule has 0 radical (unpaired) electrons. The maximum Gasteiger partial charge on any atom is 0.343 e. The van der Waals surface area contributed by atoms with Crippen molar-refractivity contribution in [3.8, 4) is 17.2 Å². The van der Waals surface area contributed by atoms with Gasteiger partial charge in [0, 0.05) is 0 Å². The number of rotatable bonds is 5. The molecule has 1 aliphatic heterocycles. The Balaban J connectivity index is 1.34. The van der Waals surface area contributed by atoms with E-state index in [0.717, 1.165) is 5.56 Å². The van der Waals surface area contributed by atoms with Crippen LogP contribution in [-0.4, -0.2) is 24.9 Å². The smallest absolute Gasteiger partial charge is 0.343 e. The van der Waals surface area contributed by atoms with Crippen LogP contribution in [0.3, 0.4) is 0 Å². The number of hydrazone groups is 1. The highest BCUT2D eigenvalue weighted by Crippen LogP contribution is 2.32. The number of carbonyl (C=O) groups is 2. The molecule has 28 heavy (non-hydrogen) atoms. The van der Waals surface area contributed by atoms with Crippen molar-refractivity contribution in [2.75, 3.05) is 6.79 Å². The summed E-state index contributed by atoms with van der Waals surface area (Å²) in [6.45, 7) is 0.143. The summed E-state index contributed by atoms with van der Waals surface area (Å²) in [7, 11) is 0. The first-order valence-electron chi connectivity index (χ1n) is 8.28. The molecule has 0 atom stereocenters. The maximum absolute atomic E-state index is 12.3. The molecule has 4 rings (SSSR count). The van der Waals surface area contributed by atoms with Crippen molar-refractivity contribution in [3.05, 3.63) is 76.0 Å². The first-order valence-corrected chi connectivity index (χ1v) is 9.16. The van der Waals surface area contributed by atoms with Gasteiger partial charge in [0.25, 0.3) is 5.91 Å². The van der Waals surface area contributed by atoms with Crippen molar-refractivity contribution in [2.24, 2.45) is 5.10 Å². The molecule has 2 heterocycles. The second-order valence-electron chi connectivity index (χ2n) is 5.70. The van der Waals surface area contributed by atoms with E-state index in [1.165, 1.54) is 17.6 Å². The Morgan fingerprint density at radius 3 is 2.68 bits per heavy atom. The molecule has 140 valence electrons. The van der Waals surface area contributed by atoms with Crippen molar-refractivity contribution in [1.82, 2.24) is 5.43 Å². The fourth-order valence-corrected chi connectivity index (χ4v) is 3.05. The number of hydrogen-bond acceptors (Lipinski definition) is 7. The van der Waals surface area contributed by atoms with Crippen molar-refractivity contribution >= 4 is 29.4 Å². The summed E-state index contributed by atoms with van der Waals surface area (Å²) < 4.78 is 15.8. The Morgan fingerprint density at radius 2 is 1.89 bits per heavy atom. The Kier molecular flexibility index (Phi) is 5.03. The third kappa shape index (κ3) is 4.02. The molecule has 0 saturated heterocycles. The highest BCUT2D eigenvalue weighted by molar-refractivity contribution is 7.12. The van der Waals surface area contributed by atoms with Crippen LogP contribution in [-0.2, 0) is 0 Å². The minimum absolute atomic E-state index is 0.143. The number of nitrogens with one attached hydrogen (secondary N) is 1. The highest BCUT2D eigenvalue weighted by atomic mass is 32.1. The van der Waals surface area contributed by atoms with Gasteiger partial charge in [0.15, 0.2) is 11.5 Å². The number of esters is 1. The second-order valence-corrected chi connectivity index (χ2v) is 6.65. The molecule has 3 aromatic rings. The number of benzene rings is 2. The van der Waals surface area contributed by atoms with Gasteiger partial charge in [-0.2, -0.15) is 5.10 Å². The zero-order valence-electron chi connectivity index (χ0n) is 14.5. The van der Waals surface area contributed by atoms with Gasteiger partial charge < -0.3 is 14.2 Å². The molecule has 0 fully saturated rings. The maximum atomic E-state index is 12.3. The summed E-state index contributed by atoms with van der Waals surface area (Å²) in [5, 5.41) is 5.74. The van der Waals surface area contributed by atoms with E-state index < -0.39 is 5.97 Å². The van der Waals surface area contributed by atoms with E-state index in [-0.39, 0.29) is 12.7 Å². The predicted molar refractivity (Wildman–Crippen MR) is 103 cm³/mol. The number of carbonyl (C=O) groups excluding carboxylic acids is 2. The Labute approximate surface area is 164 Å². The van der Waals surface area contributed by atoms with Crippen LogP contribution in [0.4, 0.5) is 0 Å². The number of nitrogens with zero attached hydrogens (tertiary/aromatic N) is 1. The van der Waals surface area contributed by atoms with Gasteiger partial charge >= 0.3 is 5.97 Å². The lowest BCUT2D eigenvalue weighted by atomic mass is 10.2. The molecule has 1 aromatic heterocycles. The molecular formula is C20H14N2O5S. The SMILES string of the molecule is O=C(Oc1ccc(/C=N/NC(=O)c2cccs2)cc1)c1ccc2c(c1)OCO2. The number of fused-ring (bicyclic) bond motifs is 1. The quantitative estimate of drug-likeness (QED) is 0.310. The molecule has 0 saturated carbocycles. The van der Waals surface area contributed by atoms with E-state index in [0.29, 0.717) is 27.7 Å². The fraction of sp³-hybridized carbons (Fsp3) is 0.0500. The Hall–Kier alpha value is -3.65. The number of thiophene rings is 1. The molecule has 7 nitrogen and oxygen atoms in total. The van der Waals surface area contributed by atoms with E-state index in [1.807, 2.05) is 5.38 Å². The van der Waals surface area contributed by atoms with Crippen LogP contribution in [0.2, 0.25) is 0 Å². The number of ether oxygens (including phenoxy) is 3. The van der Waals surface area contributed by atoms with E-state index in [2.05, 4.69) is 10.5 Å². The lowest BCUT2D eigenvalue weighted by Crippen LogP contribution is -2.16. The first-order chi connectivity index (χ1) is 13.7. The topological polar surface area (TPSA) is 86.2 Å². The number of hydrogen-bond donors (Lipinski definition) is 1. The third-order valence-corrected chi connectivity index (χ3v) is 4.69. The van der Waals surface area contributed by atoms with Gasteiger partial charge in [0.2, 0.25) is 6.79 Å². The molecular weight excluding hydrogens is 380 g/mol. The summed E-state index contributed by atoms with van der Waals surface area (Å²) >= 11 is 1.34. The Morgan fingerprint density at radius 1 is 1.07 bits per heavy atom. The standard InChI is InChI=1S/C20H14N2O5S/c23-19(18-2-1-9-28-18)22-21-11-13-3-6-15(7-4-13)27-20(24)14-5-8-16-17(10-14)26-12-25-16/h1-11H,12H2,(H,22,23)/b21-11+. The molecule has 1 N–H and O–H groups in total. The molecule has 0 aliphatic carbocycles. The monoisotopic (exact) mass is 394 g/mol. The summed E-state index contributed by atoms with van der Waals surface area (Å²) in [4.78, 5) is 24.6. The van der Waals surface area contributed by atoms with Gasteiger partial charge in [0.1, 0.15) is 5.75 Å². The molecule has 1 amide bonds. The van der Waals surface area contributed by atoms with Gasteiger partial charge in [-0.15, -0.1) is 11.3 Å². The van der Waals surface area contributed by atoms with Gasteiger partial charge in [-0.1, -0.05) is 6.07 Å². The zero-order valence-corrected chi connectivity index (χ0v) is 15.3. The fourth-order valence-electron chi connectivity index (χ4n) is 2.44. The summed E-state index contributed by atoms with van der Waals surface area (Å²) in [5.74, 6) is 0.753. The molecule has 0 bridgehead atoms. The minimum atomic E-state index is -0.497. The highest BCUT2D eigenvalue weighted by Gasteiger charge is 2.17. The molecule has 8 heteroatoms. The lowest BCUT2D eigenvalue weighted by Gasteiger charge is -2.05. The molecule has 0 spiro atoms. The van der Waals surface area contributed by atoms with Crippen molar-refractivity contribution < 1.29 is 23.8 Å². The molecule has 2 aromatic carbocycles. The summed E-state index contributed by atoms with van der Waals surface area (Å²) in [6, 6.07) is 15.1. The van der Waals surface area contributed by atoms with Gasteiger partial charge in [-0.3, -0.25) is 4.79 Å². The van der Waals surface area contributed by atoms with Crippen LogP contribution in [0.15, 0.2) is 65.1 Å². The van der Waals surface area contributed by atoms with Crippen molar-refractivity contribution in [3.63, 3.8) is 0 Å². The van der Waals surface area contributed by atoms with Gasteiger partial charge in [0.05, 0.1) is 16.7 Å². The van der Waals surface area contributed by atoms with Crippen LogP contribution in [0.25, 0.3) is 0 Å². The van der Waals surface area contributed by atoms with Crippen LogP contribution in [0.1, 0.15) is 25.6 Å². The van der Waals surface area contributed by atoms with E-state index in [4.69, 9.17) is 14.2 Å². The average Bonchev–Trinajstić information content (AvgIpc) is 3.40. The molecule has 0 unspecified atom stereocenters. The van der Waals surface area contributed by atoms with Crippen molar-refractivity contribution in [1.29, 1.82) is 0 Å². The van der Waals surface area contributed by atoms with Gasteiger partial charge in [-0.05, 0) is 59.5 Å². The van der Waals surface area contributed by atoms with E-state index in [9.17, 15) is 9.59 Å². The van der Waals surface area contributed by atoms with E-state index in [1.54, 1.807) is 54.6 Å². The normalized spacial score (nSPS) is 12.1. The molecule has 1 aliphatic rings. The van der Waals surface area contributed by atoms with Crippen LogP contribution >= 0.6 is 11.3 Å². The minimum Gasteiger partial charge on any atom is -0.454 e. The summed E-state index contributed by atoms with van der Waals surface area (Å²) in [5.41, 5.74) is 3.57. The zero-order chi connectivity index (χ0) is 19.3. The second kappa shape index (κ2) is 7.93. The van der Waals surface area contributed by atoms with Crippen LogP contribution in [0, 0.1) is 0 Å². The third-order valence-electron chi connectivity index (χ3n) is 3.82. The van der Waals surface area contributed by atoms with Crippen molar-refractivity contribution in [2.45, 2.75) is 0 Å². The van der Waals surface area contributed by atoms with E-state index >= 15 is 0 Å². The Bertz CT molecular complexity index is 1030. The predicted octanol–water partition coefficient (Wildman–Crippen LogP) is 3.46. The summed E-state index contributed by atoms with van der Waals surface area (Å²) in [6.07, 6.45) is 1.51. The lowest BCUT2D eigenvalue weighted by molar-refractivity contribution is 0.0734. The average molecular weight is 394 g/mol. The first kappa shape index (κ1) is 17.7. The van der Waals surface area contributed by atoms with Gasteiger partial charge in [-0.25, -0.2) is 10.2 Å². The number of amides is 1.